The van der Waals surface area contributed by atoms with Crippen molar-refractivity contribution in [3.05, 3.63) is 22.2 Å². The van der Waals surface area contributed by atoms with Gasteiger partial charge in [-0.2, -0.15) is 0 Å². The summed E-state index contributed by atoms with van der Waals surface area (Å²) in [5.74, 6) is 0.0881. The number of fused-ring (bicyclic) bond motifs is 2. The van der Waals surface area contributed by atoms with Gasteiger partial charge in [0.05, 0.1) is 16.4 Å². The topological polar surface area (TPSA) is 57.6 Å². The standard InChI is InChI=1S/C13H16BrNO3S/c1-19(17,18)15-6-2-3-13(4-5-13)9-7-10(14)12(16)8-11(9)15/h7-8,16H,2-6H2,1H3. The van der Waals surface area contributed by atoms with E-state index in [1.807, 2.05) is 6.07 Å². The normalized spacial score (nSPS) is 21.1. The smallest absolute Gasteiger partial charge is 0.232 e. The number of halogens is 1. The van der Waals surface area contributed by atoms with Gasteiger partial charge < -0.3 is 5.11 Å². The molecular weight excluding hydrogens is 330 g/mol. The summed E-state index contributed by atoms with van der Waals surface area (Å²) in [5, 5.41) is 9.87. The highest BCUT2D eigenvalue weighted by molar-refractivity contribution is 9.10. The van der Waals surface area contributed by atoms with Crippen LogP contribution in [0.5, 0.6) is 5.75 Å². The first-order chi connectivity index (χ1) is 8.83. The Morgan fingerprint density at radius 2 is 2.00 bits per heavy atom. The van der Waals surface area contributed by atoms with E-state index in [0.29, 0.717) is 16.7 Å². The third-order valence-corrected chi connectivity index (χ3v) is 5.99. The van der Waals surface area contributed by atoms with Crippen LogP contribution >= 0.6 is 15.9 Å². The monoisotopic (exact) mass is 345 g/mol. The van der Waals surface area contributed by atoms with Crippen molar-refractivity contribution in [2.24, 2.45) is 0 Å². The summed E-state index contributed by atoms with van der Waals surface area (Å²) in [6, 6.07) is 3.47. The lowest BCUT2D eigenvalue weighted by Crippen LogP contribution is -2.30. The number of hydrogen-bond acceptors (Lipinski definition) is 3. The number of hydrogen-bond donors (Lipinski definition) is 1. The Morgan fingerprint density at radius 3 is 2.58 bits per heavy atom. The highest BCUT2D eigenvalue weighted by atomic mass is 79.9. The molecule has 1 spiro atoms. The third kappa shape index (κ3) is 2.14. The fourth-order valence-electron chi connectivity index (χ4n) is 3.01. The molecule has 19 heavy (non-hydrogen) atoms. The second-order valence-corrected chi connectivity index (χ2v) is 8.30. The molecule has 0 bridgehead atoms. The average Bonchev–Trinajstić information content (AvgIpc) is 3.08. The van der Waals surface area contributed by atoms with Crippen LogP contribution in [0.3, 0.4) is 0 Å². The van der Waals surface area contributed by atoms with Crippen molar-refractivity contribution in [3.63, 3.8) is 0 Å². The minimum atomic E-state index is -3.31. The highest BCUT2D eigenvalue weighted by Crippen LogP contribution is 2.57. The maximum absolute atomic E-state index is 12.0. The van der Waals surface area contributed by atoms with Gasteiger partial charge in [-0.15, -0.1) is 0 Å². The van der Waals surface area contributed by atoms with E-state index in [1.54, 1.807) is 6.07 Å². The SMILES string of the molecule is CS(=O)(=O)N1CCCC2(CC2)c2cc(Br)c(O)cc21. The van der Waals surface area contributed by atoms with Crippen molar-refractivity contribution >= 4 is 31.6 Å². The summed E-state index contributed by atoms with van der Waals surface area (Å²) in [7, 11) is -3.31. The fraction of sp³-hybridized carbons (Fsp3) is 0.538. The molecule has 4 nitrogen and oxygen atoms in total. The summed E-state index contributed by atoms with van der Waals surface area (Å²) >= 11 is 3.33. The molecule has 104 valence electrons. The Morgan fingerprint density at radius 1 is 1.32 bits per heavy atom. The van der Waals surface area contributed by atoms with Crippen LogP contribution < -0.4 is 4.31 Å². The Balaban J connectivity index is 2.24. The summed E-state index contributed by atoms with van der Waals surface area (Å²) in [6.45, 7) is 0.495. The van der Waals surface area contributed by atoms with E-state index >= 15 is 0 Å². The number of aromatic hydroxyl groups is 1. The Hall–Kier alpha value is -0.750. The van der Waals surface area contributed by atoms with Gasteiger partial charge in [-0.1, -0.05) is 0 Å². The maximum atomic E-state index is 12.0. The van der Waals surface area contributed by atoms with Gasteiger partial charge in [0.25, 0.3) is 0 Å². The number of phenols is 1. The van der Waals surface area contributed by atoms with Gasteiger partial charge in [0.2, 0.25) is 10.0 Å². The molecule has 1 aromatic rings. The molecule has 3 rings (SSSR count). The van der Waals surface area contributed by atoms with Crippen LogP contribution in [0, 0.1) is 0 Å². The van der Waals surface area contributed by atoms with Crippen LogP contribution in [-0.4, -0.2) is 26.3 Å². The average molecular weight is 346 g/mol. The van der Waals surface area contributed by atoms with E-state index in [-0.39, 0.29) is 11.2 Å². The Kier molecular flexibility index (Phi) is 2.87. The van der Waals surface area contributed by atoms with Gasteiger partial charge >= 0.3 is 0 Å². The summed E-state index contributed by atoms with van der Waals surface area (Å²) in [4.78, 5) is 0. The molecule has 0 unspecified atom stereocenters. The second kappa shape index (κ2) is 4.12. The Labute approximate surface area is 121 Å². The van der Waals surface area contributed by atoms with Gasteiger partial charge in [-0.25, -0.2) is 8.42 Å². The van der Waals surface area contributed by atoms with Crippen LogP contribution in [0.2, 0.25) is 0 Å². The summed E-state index contributed by atoms with van der Waals surface area (Å²) in [5.41, 5.74) is 1.84. The van der Waals surface area contributed by atoms with Crippen molar-refractivity contribution in [1.29, 1.82) is 0 Å². The van der Waals surface area contributed by atoms with Crippen LogP contribution in [0.1, 0.15) is 31.2 Å². The number of rotatable bonds is 1. The minimum absolute atomic E-state index is 0.0881. The summed E-state index contributed by atoms with van der Waals surface area (Å²) in [6.07, 6.45) is 5.31. The second-order valence-electron chi connectivity index (χ2n) is 5.54. The Bertz CT molecular complexity index is 638. The quantitative estimate of drug-likeness (QED) is 0.851. The molecular formula is C13H16BrNO3S. The van der Waals surface area contributed by atoms with Gasteiger partial charge in [0.1, 0.15) is 5.75 Å². The van der Waals surface area contributed by atoms with Crippen molar-refractivity contribution in [2.45, 2.75) is 31.1 Å². The van der Waals surface area contributed by atoms with Crippen molar-refractivity contribution in [3.8, 4) is 5.75 Å². The first kappa shape index (κ1) is 13.2. The molecule has 1 heterocycles. The lowest BCUT2D eigenvalue weighted by molar-refractivity contribution is 0.471. The molecule has 1 saturated carbocycles. The van der Waals surface area contributed by atoms with Gasteiger partial charge in [-0.05, 0) is 58.7 Å². The zero-order valence-corrected chi connectivity index (χ0v) is 13.1. The molecule has 0 aromatic heterocycles. The van der Waals surface area contributed by atoms with E-state index in [1.165, 1.54) is 10.6 Å². The van der Waals surface area contributed by atoms with Crippen molar-refractivity contribution in [2.75, 3.05) is 17.1 Å². The predicted molar refractivity (Wildman–Crippen MR) is 78.1 cm³/mol. The number of anilines is 1. The molecule has 1 aromatic carbocycles. The number of phenolic OH excluding ortho intramolecular Hbond substituents is 1. The lowest BCUT2D eigenvalue weighted by atomic mass is 9.91. The van der Waals surface area contributed by atoms with E-state index in [2.05, 4.69) is 15.9 Å². The van der Waals surface area contributed by atoms with Gasteiger partial charge in [0.15, 0.2) is 0 Å². The molecule has 0 radical (unpaired) electrons. The first-order valence-electron chi connectivity index (χ1n) is 6.34. The van der Waals surface area contributed by atoms with Gasteiger partial charge in [-0.3, -0.25) is 4.31 Å². The lowest BCUT2D eigenvalue weighted by Gasteiger charge is -2.24. The highest BCUT2D eigenvalue weighted by Gasteiger charge is 2.48. The molecule has 0 saturated heterocycles. The number of benzene rings is 1. The third-order valence-electron chi connectivity index (χ3n) is 4.18. The van der Waals surface area contributed by atoms with E-state index in [4.69, 9.17) is 0 Å². The van der Waals surface area contributed by atoms with Crippen LogP contribution in [0.25, 0.3) is 0 Å². The first-order valence-corrected chi connectivity index (χ1v) is 8.98. The van der Waals surface area contributed by atoms with Gasteiger partial charge in [0, 0.05) is 12.6 Å². The maximum Gasteiger partial charge on any atom is 0.232 e. The van der Waals surface area contributed by atoms with Crippen LogP contribution in [-0.2, 0) is 15.4 Å². The molecule has 1 N–H and O–H groups in total. The van der Waals surface area contributed by atoms with E-state index in [9.17, 15) is 13.5 Å². The molecule has 1 aliphatic heterocycles. The van der Waals surface area contributed by atoms with Crippen molar-refractivity contribution < 1.29 is 13.5 Å². The van der Waals surface area contributed by atoms with E-state index < -0.39 is 10.0 Å². The van der Waals surface area contributed by atoms with Crippen LogP contribution in [0.4, 0.5) is 5.69 Å². The van der Waals surface area contributed by atoms with Crippen LogP contribution in [0.15, 0.2) is 16.6 Å². The largest absolute Gasteiger partial charge is 0.507 e. The zero-order chi connectivity index (χ0) is 13.8. The minimum Gasteiger partial charge on any atom is -0.507 e. The van der Waals surface area contributed by atoms with E-state index in [0.717, 1.165) is 31.2 Å². The summed E-state index contributed by atoms with van der Waals surface area (Å²) < 4.78 is 26.0. The molecule has 1 fully saturated rings. The zero-order valence-electron chi connectivity index (χ0n) is 10.7. The molecule has 1 aliphatic carbocycles. The molecule has 0 atom stereocenters. The predicted octanol–water partition coefficient (Wildman–Crippen LogP) is 2.75. The molecule has 0 amide bonds. The fourth-order valence-corrected chi connectivity index (χ4v) is 4.33. The molecule has 2 aliphatic rings. The molecule has 6 heteroatoms. The van der Waals surface area contributed by atoms with Crippen molar-refractivity contribution in [1.82, 2.24) is 0 Å². The number of sulfonamides is 1. The number of nitrogens with zero attached hydrogens (tertiary/aromatic N) is 1.